The predicted molar refractivity (Wildman–Crippen MR) is 75.9 cm³/mol. The van der Waals surface area contributed by atoms with E-state index in [1.165, 1.54) is 0 Å². The second-order valence-corrected chi connectivity index (χ2v) is 7.60. The minimum absolute atomic E-state index is 0. The fourth-order valence-corrected chi connectivity index (χ4v) is 3.44. The van der Waals surface area contributed by atoms with Crippen LogP contribution in [0.1, 0.15) is 13.8 Å². The summed E-state index contributed by atoms with van der Waals surface area (Å²) in [6.07, 6.45) is -1.97. The predicted octanol–water partition coefficient (Wildman–Crippen LogP) is -3.73. The molecule has 0 aromatic heterocycles. The van der Waals surface area contributed by atoms with Crippen LogP contribution in [0.15, 0.2) is 0 Å². The summed E-state index contributed by atoms with van der Waals surface area (Å²) in [4.78, 5) is 27.5. The molecule has 1 rings (SSSR count). The molecule has 1 fully saturated rings. The van der Waals surface area contributed by atoms with Crippen LogP contribution in [0.25, 0.3) is 0 Å². The molecule has 2 atom stereocenters. The summed E-state index contributed by atoms with van der Waals surface area (Å²) in [5.41, 5.74) is 0. The van der Waals surface area contributed by atoms with Gasteiger partial charge in [-0.15, -0.1) is 12.2 Å². The van der Waals surface area contributed by atoms with Crippen molar-refractivity contribution in [3.05, 3.63) is 0 Å². The Kier molecular flexibility index (Phi) is 11.4. The van der Waals surface area contributed by atoms with E-state index in [0.29, 0.717) is 52.4 Å². The van der Waals surface area contributed by atoms with Gasteiger partial charge in [0.15, 0.2) is 0 Å². The van der Waals surface area contributed by atoms with E-state index in [0.717, 1.165) is 0 Å². The van der Waals surface area contributed by atoms with E-state index in [1.807, 2.05) is 9.80 Å². The summed E-state index contributed by atoms with van der Waals surface area (Å²) >= 11 is 0. The standard InChI is InChI=1S/C13H28N3O5P.Fe/c1-12(17)9-14-3-4-15(10-13(2)18)6-8-16(7-5-14)11-22(19,20)21;/h12-13H,3-11H2,1-2H3,(H2,19,20,21);/q-2;+5/p-2/t12-,13-;/m0./s1. The van der Waals surface area contributed by atoms with E-state index in [4.69, 9.17) is 0 Å². The Morgan fingerprint density at radius 1 is 0.826 bits per heavy atom. The number of nitrogens with zero attached hydrogens (tertiary/aromatic N) is 3. The normalized spacial score (nSPS) is 22.5. The molecule has 10 heteroatoms. The summed E-state index contributed by atoms with van der Waals surface area (Å²) in [6, 6.07) is 0. The molecule has 0 amide bonds. The molecule has 0 spiro atoms. The van der Waals surface area contributed by atoms with Gasteiger partial charge in [-0.3, -0.25) is 4.90 Å². The Labute approximate surface area is 149 Å². The molecule has 135 valence electrons. The Hall–Kier alpha value is 0.469. The van der Waals surface area contributed by atoms with Crippen molar-refractivity contribution in [1.29, 1.82) is 0 Å². The summed E-state index contributed by atoms with van der Waals surface area (Å²) in [5.74, 6) is 0. The van der Waals surface area contributed by atoms with Crippen LogP contribution >= 0.6 is 7.60 Å². The molecule has 0 N–H and O–H groups in total. The molecule has 0 aromatic carbocycles. The van der Waals surface area contributed by atoms with E-state index >= 15 is 0 Å². The van der Waals surface area contributed by atoms with Crippen LogP contribution in [0, 0.1) is 0 Å². The zero-order chi connectivity index (χ0) is 16.8. The maximum absolute atomic E-state index is 11.4. The average Bonchev–Trinajstić information content (AvgIpc) is 2.41. The topological polar surface area (TPSA) is 119 Å². The Morgan fingerprint density at radius 2 is 1.13 bits per heavy atom. The van der Waals surface area contributed by atoms with Crippen molar-refractivity contribution in [3.63, 3.8) is 0 Å². The van der Waals surface area contributed by atoms with Crippen LogP contribution in [-0.4, -0.2) is 85.6 Å². The molecule has 0 aromatic rings. The van der Waals surface area contributed by atoms with Crippen LogP contribution in [0.3, 0.4) is 0 Å². The summed E-state index contributed by atoms with van der Waals surface area (Å²) in [7, 11) is -4.61. The zero-order valence-electron chi connectivity index (χ0n) is 13.7. The Balaban J connectivity index is 0.00000484. The van der Waals surface area contributed by atoms with Gasteiger partial charge >= 0.3 is 17.1 Å². The summed E-state index contributed by atoms with van der Waals surface area (Å²) < 4.78 is 11.0. The van der Waals surface area contributed by atoms with Crippen LogP contribution in [0.5, 0.6) is 0 Å². The third kappa shape index (κ3) is 11.6. The third-order valence-corrected chi connectivity index (χ3v) is 4.35. The second-order valence-electron chi connectivity index (χ2n) is 6.09. The molecular weight excluding hydrogens is 365 g/mol. The first kappa shape index (κ1) is 23.5. The monoisotopic (exact) mass is 391 g/mol. The first-order chi connectivity index (χ1) is 10.2. The second kappa shape index (κ2) is 11.2. The minimum atomic E-state index is -4.61. The molecule has 1 radical (unpaired) electrons. The van der Waals surface area contributed by atoms with Gasteiger partial charge in [0.25, 0.3) is 0 Å². The van der Waals surface area contributed by atoms with Gasteiger partial charge in [0.1, 0.15) is 0 Å². The SMILES string of the molecule is C[C@H]([O-])CN1CCN(C[C@H](C)[O-])CCN(CP(=O)([O-])[O-])CC1.[Fe+5]. The Morgan fingerprint density at radius 3 is 1.39 bits per heavy atom. The molecule has 1 aliphatic heterocycles. The van der Waals surface area contributed by atoms with Crippen LogP contribution in [0.2, 0.25) is 0 Å². The largest absolute Gasteiger partial charge is 5.00 e. The fourth-order valence-electron chi connectivity index (χ4n) is 2.66. The fraction of sp³-hybridized carbons (Fsp3) is 1.00. The van der Waals surface area contributed by atoms with E-state index in [-0.39, 0.29) is 17.1 Å². The minimum Gasteiger partial charge on any atom is -0.851 e. The van der Waals surface area contributed by atoms with Gasteiger partial charge < -0.3 is 34.4 Å². The zero-order valence-corrected chi connectivity index (χ0v) is 15.7. The van der Waals surface area contributed by atoms with Gasteiger partial charge in [-0.05, 0) is 13.1 Å². The Bertz CT molecular complexity index is 348. The molecule has 0 bridgehead atoms. The van der Waals surface area contributed by atoms with Crippen LogP contribution in [0.4, 0.5) is 0 Å². The van der Waals surface area contributed by atoms with Gasteiger partial charge in [0.05, 0.1) is 0 Å². The van der Waals surface area contributed by atoms with Gasteiger partial charge in [0.2, 0.25) is 0 Å². The van der Waals surface area contributed by atoms with E-state index < -0.39 is 26.1 Å². The smallest absolute Gasteiger partial charge is 0.851 e. The van der Waals surface area contributed by atoms with Crippen molar-refractivity contribution in [2.24, 2.45) is 0 Å². The van der Waals surface area contributed by atoms with Gasteiger partial charge in [-0.25, -0.2) is 0 Å². The van der Waals surface area contributed by atoms with Crippen molar-refractivity contribution < 1.29 is 41.6 Å². The summed E-state index contributed by atoms with van der Waals surface area (Å²) in [6.45, 7) is 7.22. The van der Waals surface area contributed by atoms with Gasteiger partial charge in [-0.1, -0.05) is 21.4 Å². The maximum Gasteiger partial charge on any atom is 5.00 e. The number of hydrogen-bond acceptors (Lipinski definition) is 8. The number of rotatable bonds is 6. The van der Waals surface area contributed by atoms with Crippen molar-refractivity contribution >= 4 is 7.60 Å². The average molecular weight is 391 g/mol. The molecule has 0 aliphatic carbocycles. The third-order valence-electron chi connectivity index (χ3n) is 3.60. The van der Waals surface area contributed by atoms with Crippen molar-refractivity contribution in [2.45, 2.75) is 26.1 Å². The van der Waals surface area contributed by atoms with Gasteiger partial charge in [0, 0.05) is 45.6 Å². The first-order valence-electron chi connectivity index (χ1n) is 7.65. The molecule has 23 heavy (non-hydrogen) atoms. The molecular formula is C13H26FeN3O5P+. The summed E-state index contributed by atoms with van der Waals surface area (Å²) in [5, 5.41) is 22.8. The molecule has 1 saturated heterocycles. The van der Waals surface area contributed by atoms with Crippen LogP contribution < -0.4 is 20.0 Å². The van der Waals surface area contributed by atoms with Crippen molar-refractivity contribution in [3.8, 4) is 0 Å². The van der Waals surface area contributed by atoms with E-state index in [2.05, 4.69) is 0 Å². The first-order valence-corrected chi connectivity index (χ1v) is 9.38. The van der Waals surface area contributed by atoms with Crippen molar-refractivity contribution in [2.75, 3.05) is 58.6 Å². The van der Waals surface area contributed by atoms with E-state index in [9.17, 15) is 24.6 Å². The van der Waals surface area contributed by atoms with Crippen molar-refractivity contribution in [1.82, 2.24) is 14.7 Å². The van der Waals surface area contributed by atoms with Gasteiger partial charge in [-0.2, -0.15) is 0 Å². The molecule has 0 unspecified atom stereocenters. The maximum atomic E-state index is 11.4. The molecule has 0 saturated carbocycles. The molecule has 1 heterocycles. The quantitative estimate of drug-likeness (QED) is 0.335. The number of hydrogen-bond donors (Lipinski definition) is 0. The van der Waals surface area contributed by atoms with Crippen LogP contribution in [-0.2, 0) is 21.6 Å². The molecule has 1 aliphatic rings. The molecule has 8 nitrogen and oxygen atoms in total. The van der Waals surface area contributed by atoms with E-state index in [1.54, 1.807) is 18.7 Å².